The van der Waals surface area contributed by atoms with Crippen LogP contribution in [0.5, 0.6) is 0 Å². The number of fused-ring (bicyclic) bond motifs is 2. The molecule has 82 heavy (non-hydrogen) atoms. The van der Waals surface area contributed by atoms with Crippen molar-refractivity contribution in [3.05, 3.63) is 106 Å². The molecule has 0 unspecified atom stereocenters. The summed E-state index contributed by atoms with van der Waals surface area (Å²) in [6.45, 7) is 5.56. The second-order valence-corrected chi connectivity index (χ2v) is 24.4. The Bertz CT molecular complexity index is 2650. The van der Waals surface area contributed by atoms with Gasteiger partial charge in [0.15, 0.2) is 0 Å². The van der Waals surface area contributed by atoms with Crippen molar-refractivity contribution >= 4 is 47.1 Å². The number of nitrogens with zero attached hydrogens (tertiary/aromatic N) is 2. The molecule has 2 heterocycles. The molecule has 2 aliphatic heterocycles. The minimum atomic E-state index is -0.980. The van der Waals surface area contributed by atoms with Gasteiger partial charge in [0.05, 0.1) is 18.1 Å². The van der Waals surface area contributed by atoms with E-state index >= 15 is 0 Å². The van der Waals surface area contributed by atoms with Gasteiger partial charge in [-0.15, -0.1) is 0 Å². The lowest BCUT2D eigenvalue weighted by Gasteiger charge is -2.35. The average Bonchev–Trinajstić information content (AvgIpc) is 4.31. The number of nitrogens with one attached hydrogen (secondary N) is 6. The summed E-state index contributed by atoms with van der Waals surface area (Å²) in [4.78, 5) is 117. The van der Waals surface area contributed by atoms with E-state index in [4.69, 9.17) is 0 Å². The summed E-state index contributed by atoms with van der Waals surface area (Å²) in [5.74, 6) is -4.53. The number of aryl methyl sites for hydroxylation is 2. The Hall–Kier alpha value is -6.56. The number of carbonyl (C=O) groups excluding carboxylic acids is 8. The number of likely N-dealkylation sites (tertiary alicyclic amines) is 2. The zero-order valence-corrected chi connectivity index (χ0v) is 48.2. The highest BCUT2D eigenvalue weighted by atomic mass is 19.1. The zero-order valence-electron chi connectivity index (χ0n) is 48.2. The van der Waals surface area contributed by atoms with Gasteiger partial charge < -0.3 is 41.7 Å². The van der Waals surface area contributed by atoms with Crippen molar-refractivity contribution in [3.8, 4) is 0 Å². The van der Waals surface area contributed by atoms with Gasteiger partial charge in [-0.1, -0.05) is 64.5 Å². The topological polar surface area (TPSA) is 215 Å². The summed E-state index contributed by atoms with van der Waals surface area (Å²) < 4.78 is 28.6. The van der Waals surface area contributed by atoms with Crippen LogP contribution >= 0.6 is 0 Å². The summed E-state index contributed by atoms with van der Waals surface area (Å²) in [5.41, 5.74) is 3.78. The van der Waals surface area contributed by atoms with E-state index in [2.05, 4.69) is 31.9 Å². The van der Waals surface area contributed by atoms with Gasteiger partial charge in [-0.05, 0) is 180 Å². The molecule has 0 bridgehead atoms. The van der Waals surface area contributed by atoms with E-state index in [0.717, 1.165) is 99.3 Å². The first-order chi connectivity index (χ1) is 39.5. The first-order valence-corrected chi connectivity index (χ1v) is 30.5. The maximum absolute atomic E-state index is 15.0. The minimum Gasteiger partial charge on any atom is -0.347 e. The maximum atomic E-state index is 15.0. The molecular formula is C64H84F2N8O8. The summed E-state index contributed by atoms with van der Waals surface area (Å²) in [7, 11) is 1.71. The monoisotopic (exact) mass is 1130 g/mol. The Morgan fingerprint density at radius 1 is 0.573 bits per heavy atom. The molecule has 3 aromatic rings. The second-order valence-electron chi connectivity index (χ2n) is 24.4. The average molecular weight is 1130 g/mol. The number of amides is 7. The van der Waals surface area contributed by atoms with E-state index < -0.39 is 72.0 Å². The van der Waals surface area contributed by atoms with Gasteiger partial charge in [0.25, 0.3) is 11.8 Å². The summed E-state index contributed by atoms with van der Waals surface area (Å²) in [6, 6.07) is 9.90. The normalized spacial score (nSPS) is 24.4. The van der Waals surface area contributed by atoms with Crippen LogP contribution in [0.2, 0.25) is 0 Å². The second kappa shape index (κ2) is 27.2. The molecule has 16 nitrogen and oxygen atoms in total. The fraction of sp³-hybridized carbons (Fsp3) is 0.594. The molecule has 6 aliphatic rings. The molecule has 3 aromatic carbocycles. The SMILES string of the molecule is CC[C@@H](C)C(=O)N[C@H](C(=O)N1C[C@@H](NC(=O)c2ccc(C(=O)N[C@H]3C[C@@H](C(=O)N[C@@H]4CCCc5cc(F)ccc54)N(C(=O)[C@@H](CC(=O)[C@H](C)NC)C4CCCCC4)C3)cc2)C[C@H]1C(=O)N[C@@H]1CCCc2cc(F)ccc21)C1CCCCC1. The quantitative estimate of drug-likeness (QED) is 0.0695. The van der Waals surface area contributed by atoms with Crippen molar-refractivity contribution in [1.82, 2.24) is 41.7 Å². The van der Waals surface area contributed by atoms with Crippen LogP contribution in [0, 0.1) is 35.3 Å². The molecule has 0 spiro atoms. The molecule has 18 heteroatoms. The Kier molecular flexibility index (Phi) is 19.9. The van der Waals surface area contributed by atoms with Crippen molar-refractivity contribution in [2.75, 3.05) is 20.1 Å². The van der Waals surface area contributed by atoms with E-state index in [0.29, 0.717) is 32.1 Å². The Balaban J connectivity index is 0.901. The Labute approximate surface area is 481 Å². The molecule has 10 atom stereocenters. The highest BCUT2D eigenvalue weighted by molar-refractivity contribution is 5.99. The van der Waals surface area contributed by atoms with E-state index in [1.807, 2.05) is 13.8 Å². The summed E-state index contributed by atoms with van der Waals surface area (Å²) >= 11 is 0. The Morgan fingerprint density at radius 3 is 1.50 bits per heavy atom. The number of hydrogen-bond donors (Lipinski definition) is 6. The molecule has 2 saturated carbocycles. The molecule has 0 radical (unpaired) electrons. The maximum Gasteiger partial charge on any atom is 0.251 e. The number of carbonyl (C=O) groups is 8. The number of halogens is 2. The third-order valence-electron chi connectivity index (χ3n) is 18.9. The molecule has 442 valence electrons. The summed E-state index contributed by atoms with van der Waals surface area (Å²) in [5, 5.41) is 18.5. The van der Waals surface area contributed by atoms with Crippen LogP contribution in [0.25, 0.3) is 0 Å². The molecule has 4 fully saturated rings. The number of rotatable bonds is 19. The van der Waals surface area contributed by atoms with E-state index in [1.54, 1.807) is 31.0 Å². The van der Waals surface area contributed by atoms with Crippen molar-refractivity contribution in [2.45, 2.75) is 198 Å². The zero-order chi connectivity index (χ0) is 58.2. The molecular weight excluding hydrogens is 1050 g/mol. The lowest BCUT2D eigenvalue weighted by atomic mass is 9.76. The lowest BCUT2D eigenvalue weighted by molar-refractivity contribution is -0.145. The van der Waals surface area contributed by atoms with Gasteiger partial charge in [0.2, 0.25) is 29.5 Å². The van der Waals surface area contributed by atoms with Gasteiger partial charge >= 0.3 is 0 Å². The molecule has 4 aliphatic carbocycles. The standard InChI is InChI=1S/C64H84F2N8O8/c1-5-37(2)58(76)72-57(40-16-10-7-11-17-40)64(82)74-36-48(33-55(74)62(80)71-53-21-13-19-44-31-46(66)27-29-50(44)53)69-60(78)42-24-22-41(23-25-42)59(77)68-47-32-54(61(79)70-52-20-12-18-43-30-45(65)26-28-49(43)52)73(35-47)63(81)51(34-56(75)38(3)67-4)39-14-8-6-9-15-39/h22-31,37-40,47-48,51-55,57,67H,5-21,32-36H2,1-4H3,(H,68,77)(H,69,78)(H,70,79)(H,71,80)(H,72,76)/t37-,38+,47+,48+,51+,52-,53-,54+,55+,57+/m1/s1. The van der Waals surface area contributed by atoms with E-state index in [-0.39, 0.29) is 102 Å². The number of hydrogen-bond acceptors (Lipinski definition) is 9. The highest BCUT2D eigenvalue weighted by Gasteiger charge is 2.47. The van der Waals surface area contributed by atoms with Crippen molar-refractivity contribution in [2.24, 2.45) is 23.7 Å². The van der Waals surface area contributed by atoms with E-state index in [1.165, 1.54) is 53.4 Å². The fourth-order valence-electron chi connectivity index (χ4n) is 13.8. The molecule has 0 aromatic heterocycles. The number of Topliss-reactive ketones (excluding diaryl/α,β-unsaturated/α-hetero) is 1. The fourth-order valence-corrected chi connectivity index (χ4v) is 13.8. The van der Waals surface area contributed by atoms with Crippen LogP contribution in [0.1, 0.15) is 191 Å². The van der Waals surface area contributed by atoms with Gasteiger partial charge in [0.1, 0.15) is 35.5 Å². The highest BCUT2D eigenvalue weighted by Crippen LogP contribution is 2.38. The van der Waals surface area contributed by atoms with E-state index in [9.17, 15) is 47.1 Å². The minimum absolute atomic E-state index is 0.0126. The summed E-state index contributed by atoms with van der Waals surface area (Å²) in [6.07, 6.45) is 13.9. The predicted octanol–water partition coefficient (Wildman–Crippen LogP) is 7.63. The van der Waals surface area contributed by atoms with Crippen LogP contribution in [-0.4, -0.2) is 113 Å². The predicted molar refractivity (Wildman–Crippen MR) is 306 cm³/mol. The molecule has 7 amide bonds. The van der Waals surface area contributed by atoms with Gasteiger partial charge in [-0.25, -0.2) is 8.78 Å². The lowest BCUT2D eigenvalue weighted by Crippen LogP contribution is -2.57. The molecule has 2 saturated heterocycles. The number of benzene rings is 3. The van der Waals surface area contributed by atoms with Crippen molar-refractivity contribution in [3.63, 3.8) is 0 Å². The van der Waals surface area contributed by atoms with Gasteiger partial charge in [-0.2, -0.15) is 0 Å². The van der Waals surface area contributed by atoms with Crippen molar-refractivity contribution < 1.29 is 47.1 Å². The number of ketones is 1. The first kappa shape index (κ1) is 60.0. The third kappa shape index (κ3) is 14.1. The van der Waals surface area contributed by atoms with Crippen LogP contribution in [0.4, 0.5) is 8.78 Å². The van der Waals surface area contributed by atoms with Crippen LogP contribution < -0.4 is 31.9 Å². The smallest absolute Gasteiger partial charge is 0.251 e. The van der Waals surface area contributed by atoms with Crippen LogP contribution in [0.3, 0.4) is 0 Å². The van der Waals surface area contributed by atoms with Gasteiger partial charge in [0, 0.05) is 54.6 Å². The molecule has 6 N–H and O–H groups in total. The van der Waals surface area contributed by atoms with Crippen LogP contribution in [0.15, 0.2) is 60.7 Å². The van der Waals surface area contributed by atoms with Crippen LogP contribution in [-0.2, 0) is 41.6 Å². The number of likely N-dealkylation sites (N-methyl/N-ethyl adjacent to an activating group) is 1. The Morgan fingerprint density at radius 2 is 1.04 bits per heavy atom. The largest absolute Gasteiger partial charge is 0.347 e. The molecule has 9 rings (SSSR count). The third-order valence-corrected chi connectivity index (χ3v) is 18.9. The van der Waals surface area contributed by atoms with Crippen molar-refractivity contribution in [1.29, 1.82) is 0 Å². The first-order valence-electron chi connectivity index (χ1n) is 30.5. The van der Waals surface area contributed by atoms with Gasteiger partial charge in [-0.3, -0.25) is 38.4 Å².